The zero-order chi connectivity index (χ0) is 17.6. The van der Waals surface area contributed by atoms with E-state index in [1.54, 1.807) is 0 Å². The largest absolute Gasteiger partial charge is 0.416 e. The summed E-state index contributed by atoms with van der Waals surface area (Å²) in [5, 5.41) is 5.71. The summed E-state index contributed by atoms with van der Waals surface area (Å²) in [5.74, 6) is -0.154. The van der Waals surface area contributed by atoms with E-state index in [-0.39, 0.29) is 12.3 Å². The zero-order valence-electron chi connectivity index (χ0n) is 13.3. The Balaban J connectivity index is 1.77. The minimum absolute atomic E-state index is 0.154. The van der Waals surface area contributed by atoms with Crippen LogP contribution in [0.3, 0.4) is 0 Å². The van der Waals surface area contributed by atoms with E-state index in [2.05, 4.69) is 17.6 Å². The van der Waals surface area contributed by atoms with Crippen molar-refractivity contribution < 1.29 is 18.0 Å². The number of rotatable bonds is 6. The number of nitrogens with one attached hydrogen (secondary N) is 2. The number of hydrogen-bond acceptors (Lipinski definition) is 2. The highest BCUT2D eigenvalue weighted by Gasteiger charge is 2.29. The molecule has 0 aliphatic carbocycles. The number of aryl methyl sites for hydroxylation is 1. The Morgan fingerprint density at radius 1 is 0.958 bits per heavy atom. The van der Waals surface area contributed by atoms with Crippen molar-refractivity contribution in [2.24, 2.45) is 0 Å². The molecule has 0 unspecified atom stereocenters. The third-order valence-electron chi connectivity index (χ3n) is 3.54. The van der Waals surface area contributed by atoms with Gasteiger partial charge in [0.1, 0.15) is 0 Å². The van der Waals surface area contributed by atoms with Crippen LogP contribution < -0.4 is 10.6 Å². The summed E-state index contributed by atoms with van der Waals surface area (Å²) in [5.41, 5.74) is 1.77. The minimum Gasteiger partial charge on any atom is -0.385 e. The van der Waals surface area contributed by atoms with Gasteiger partial charge in [0.2, 0.25) is 5.91 Å². The molecule has 3 nitrogen and oxygen atoms in total. The Hall–Kier alpha value is -2.50. The molecular weight excluding hydrogens is 317 g/mol. The van der Waals surface area contributed by atoms with E-state index in [0.717, 1.165) is 24.2 Å². The van der Waals surface area contributed by atoms with E-state index in [0.29, 0.717) is 12.2 Å². The maximum Gasteiger partial charge on any atom is 0.416 e. The molecule has 1 amide bonds. The fourth-order valence-corrected chi connectivity index (χ4v) is 2.14. The first-order chi connectivity index (χ1) is 11.4. The van der Waals surface area contributed by atoms with Crippen LogP contribution in [0.1, 0.15) is 24.5 Å². The lowest BCUT2D eigenvalue weighted by atomic mass is 10.1. The number of hydrogen-bond donors (Lipinski definition) is 2. The number of halogens is 3. The molecule has 2 aromatic rings. The summed E-state index contributed by atoms with van der Waals surface area (Å²) in [6, 6.07) is 12.3. The number of carbonyl (C=O) groups excluding carboxylic acids is 1. The zero-order valence-corrected chi connectivity index (χ0v) is 13.3. The van der Waals surface area contributed by atoms with Crippen molar-refractivity contribution in [2.45, 2.75) is 25.9 Å². The van der Waals surface area contributed by atoms with Crippen LogP contribution in [0.2, 0.25) is 0 Å². The molecule has 24 heavy (non-hydrogen) atoms. The van der Waals surface area contributed by atoms with Gasteiger partial charge in [-0.25, -0.2) is 0 Å². The van der Waals surface area contributed by atoms with Gasteiger partial charge in [-0.05, 0) is 48.4 Å². The van der Waals surface area contributed by atoms with Crippen LogP contribution in [-0.2, 0) is 17.4 Å². The average molecular weight is 336 g/mol. The highest BCUT2D eigenvalue weighted by Crippen LogP contribution is 2.29. The summed E-state index contributed by atoms with van der Waals surface area (Å²) in [4.78, 5) is 11.8. The lowest BCUT2D eigenvalue weighted by Gasteiger charge is -2.10. The van der Waals surface area contributed by atoms with Crippen molar-refractivity contribution in [3.05, 3.63) is 59.7 Å². The Labute approximate surface area is 138 Å². The van der Waals surface area contributed by atoms with Gasteiger partial charge in [0.25, 0.3) is 0 Å². The van der Waals surface area contributed by atoms with Gasteiger partial charge in [0.15, 0.2) is 0 Å². The van der Waals surface area contributed by atoms with E-state index in [9.17, 15) is 18.0 Å². The van der Waals surface area contributed by atoms with E-state index in [1.165, 1.54) is 17.7 Å². The Morgan fingerprint density at radius 3 is 2.08 bits per heavy atom. The van der Waals surface area contributed by atoms with E-state index in [1.807, 2.05) is 24.3 Å². The number of benzene rings is 2. The molecule has 0 fully saturated rings. The lowest BCUT2D eigenvalue weighted by Crippen LogP contribution is -2.16. The topological polar surface area (TPSA) is 41.1 Å². The SMILES string of the molecule is CCc1ccc(NC(=O)CCNc2ccc(C(F)(F)F)cc2)cc1. The quantitative estimate of drug-likeness (QED) is 0.802. The molecule has 0 heterocycles. The lowest BCUT2D eigenvalue weighted by molar-refractivity contribution is -0.137. The van der Waals surface area contributed by atoms with Crippen molar-refractivity contribution >= 4 is 17.3 Å². The second kappa shape index (κ2) is 7.86. The van der Waals surface area contributed by atoms with Crippen molar-refractivity contribution in [1.82, 2.24) is 0 Å². The summed E-state index contributed by atoms with van der Waals surface area (Å²) < 4.78 is 37.4. The third kappa shape index (κ3) is 5.30. The first-order valence-electron chi connectivity index (χ1n) is 7.68. The van der Waals surface area contributed by atoms with E-state index >= 15 is 0 Å². The smallest absolute Gasteiger partial charge is 0.385 e. The number of carbonyl (C=O) groups is 1. The molecule has 0 spiro atoms. The number of anilines is 2. The highest BCUT2D eigenvalue weighted by molar-refractivity contribution is 5.90. The van der Waals surface area contributed by atoms with Crippen molar-refractivity contribution in [2.75, 3.05) is 17.2 Å². The van der Waals surface area contributed by atoms with Gasteiger partial charge in [-0.3, -0.25) is 4.79 Å². The third-order valence-corrected chi connectivity index (χ3v) is 3.54. The van der Waals surface area contributed by atoms with Gasteiger partial charge >= 0.3 is 6.18 Å². The molecule has 0 saturated carbocycles. The van der Waals surface area contributed by atoms with Gasteiger partial charge < -0.3 is 10.6 Å². The monoisotopic (exact) mass is 336 g/mol. The van der Waals surface area contributed by atoms with Gasteiger partial charge in [-0.1, -0.05) is 19.1 Å². The molecule has 0 atom stereocenters. The second-order valence-corrected chi connectivity index (χ2v) is 5.35. The molecule has 0 aliphatic rings. The number of alkyl halides is 3. The maximum atomic E-state index is 12.5. The Kier molecular flexibility index (Phi) is 5.84. The first-order valence-corrected chi connectivity index (χ1v) is 7.68. The highest BCUT2D eigenvalue weighted by atomic mass is 19.4. The Bertz CT molecular complexity index is 664. The number of amides is 1. The fraction of sp³-hybridized carbons (Fsp3) is 0.278. The van der Waals surface area contributed by atoms with Crippen molar-refractivity contribution in [1.29, 1.82) is 0 Å². The molecule has 0 aliphatic heterocycles. The van der Waals surface area contributed by atoms with Crippen LogP contribution in [0, 0.1) is 0 Å². The molecule has 0 aromatic heterocycles. The van der Waals surface area contributed by atoms with Crippen molar-refractivity contribution in [3.8, 4) is 0 Å². The van der Waals surface area contributed by atoms with Crippen molar-refractivity contribution in [3.63, 3.8) is 0 Å². The normalized spacial score (nSPS) is 11.2. The Morgan fingerprint density at radius 2 is 1.54 bits per heavy atom. The fourth-order valence-electron chi connectivity index (χ4n) is 2.14. The van der Waals surface area contributed by atoms with Crippen LogP contribution >= 0.6 is 0 Å². The van der Waals surface area contributed by atoms with Crippen LogP contribution in [0.25, 0.3) is 0 Å². The summed E-state index contributed by atoms with van der Waals surface area (Å²) in [7, 11) is 0. The van der Waals surface area contributed by atoms with Crippen LogP contribution in [-0.4, -0.2) is 12.5 Å². The molecule has 2 N–H and O–H groups in total. The minimum atomic E-state index is -4.34. The molecule has 0 radical (unpaired) electrons. The second-order valence-electron chi connectivity index (χ2n) is 5.35. The summed E-state index contributed by atoms with van der Waals surface area (Å²) in [6.45, 7) is 2.39. The molecule has 6 heteroatoms. The summed E-state index contributed by atoms with van der Waals surface area (Å²) >= 11 is 0. The molecule has 0 bridgehead atoms. The van der Waals surface area contributed by atoms with Gasteiger partial charge in [0.05, 0.1) is 5.56 Å². The maximum absolute atomic E-state index is 12.5. The van der Waals surface area contributed by atoms with Gasteiger partial charge in [0, 0.05) is 24.3 Å². The molecule has 2 rings (SSSR count). The molecular formula is C18H19F3N2O. The molecule has 128 valence electrons. The summed E-state index contributed by atoms with van der Waals surface area (Å²) in [6.07, 6.45) is -3.19. The van der Waals surface area contributed by atoms with Crippen LogP contribution in [0.15, 0.2) is 48.5 Å². The molecule has 0 saturated heterocycles. The predicted octanol–water partition coefficient (Wildman–Crippen LogP) is 4.71. The average Bonchev–Trinajstić information content (AvgIpc) is 2.55. The van der Waals surface area contributed by atoms with E-state index in [4.69, 9.17) is 0 Å². The standard InChI is InChI=1S/C18H19F3N2O/c1-2-13-3-7-16(8-4-13)23-17(24)11-12-22-15-9-5-14(6-10-15)18(19,20)21/h3-10,22H,2,11-12H2,1H3,(H,23,24). The van der Waals surface area contributed by atoms with E-state index < -0.39 is 11.7 Å². The van der Waals surface area contributed by atoms with Crippen LogP contribution in [0.4, 0.5) is 24.5 Å². The van der Waals surface area contributed by atoms with Crippen LogP contribution in [0.5, 0.6) is 0 Å². The first kappa shape index (κ1) is 17.8. The van der Waals surface area contributed by atoms with Gasteiger partial charge in [-0.2, -0.15) is 13.2 Å². The predicted molar refractivity (Wildman–Crippen MR) is 89.0 cm³/mol. The van der Waals surface area contributed by atoms with Gasteiger partial charge in [-0.15, -0.1) is 0 Å². The molecule has 2 aromatic carbocycles.